The summed E-state index contributed by atoms with van der Waals surface area (Å²) in [6, 6.07) is 17.6. The first-order chi connectivity index (χ1) is 14.9. The molecule has 0 saturated carbocycles. The van der Waals surface area contributed by atoms with Crippen LogP contribution in [0.25, 0.3) is 6.08 Å². The molecule has 154 valence electrons. The van der Waals surface area contributed by atoms with Gasteiger partial charge in [-0.1, -0.05) is 54.6 Å². The Bertz CT molecular complexity index is 1220. The highest BCUT2D eigenvalue weighted by Gasteiger charge is 2.37. The van der Waals surface area contributed by atoms with Gasteiger partial charge in [-0.15, -0.1) is 0 Å². The van der Waals surface area contributed by atoms with Gasteiger partial charge < -0.3 is 0 Å². The number of anilines is 1. The Labute approximate surface area is 176 Å². The second kappa shape index (κ2) is 8.31. The fourth-order valence-corrected chi connectivity index (χ4v) is 3.27. The molecule has 4 rings (SSSR count). The molecule has 0 aliphatic carbocycles. The van der Waals surface area contributed by atoms with Gasteiger partial charge in [0.15, 0.2) is 0 Å². The summed E-state index contributed by atoms with van der Waals surface area (Å²) in [5.74, 6) is -2.85. The van der Waals surface area contributed by atoms with Crippen molar-refractivity contribution in [3.05, 3.63) is 107 Å². The average molecular weight is 418 g/mol. The molecule has 1 saturated heterocycles. The summed E-state index contributed by atoms with van der Waals surface area (Å²) < 4.78 is 28.0. The van der Waals surface area contributed by atoms with Gasteiger partial charge in [-0.05, 0) is 41.0 Å². The van der Waals surface area contributed by atoms with Gasteiger partial charge in [0.1, 0.15) is 17.2 Å². The predicted octanol–water partition coefficient (Wildman–Crippen LogP) is 4.22. The van der Waals surface area contributed by atoms with Crippen molar-refractivity contribution in [2.75, 3.05) is 4.90 Å². The molecular formula is C24H16F2N2O3. The summed E-state index contributed by atoms with van der Waals surface area (Å²) in [5.41, 5.74) is 1.37. The molecule has 3 aromatic carbocycles. The number of hydrogen-bond donors (Lipinski definition) is 1. The largest absolute Gasteiger partial charge is 0.336 e. The number of barbiturate groups is 1. The molecule has 1 N–H and O–H groups in total. The second-order valence-electron chi connectivity index (χ2n) is 6.92. The van der Waals surface area contributed by atoms with Gasteiger partial charge in [-0.2, -0.15) is 0 Å². The maximum atomic E-state index is 14.1. The Hall–Kier alpha value is -4.13. The van der Waals surface area contributed by atoms with Crippen LogP contribution in [-0.2, 0) is 16.0 Å². The number of amides is 4. The van der Waals surface area contributed by atoms with Crippen molar-refractivity contribution in [1.82, 2.24) is 5.32 Å². The smallest absolute Gasteiger partial charge is 0.273 e. The summed E-state index contributed by atoms with van der Waals surface area (Å²) in [4.78, 5) is 37.8. The van der Waals surface area contributed by atoms with Crippen molar-refractivity contribution in [3.8, 4) is 0 Å². The first-order valence-corrected chi connectivity index (χ1v) is 9.42. The zero-order valence-electron chi connectivity index (χ0n) is 16.1. The van der Waals surface area contributed by atoms with E-state index < -0.39 is 23.7 Å². The van der Waals surface area contributed by atoms with Crippen molar-refractivity contribution in [1.29, 1.82) is 0 Å². The van der Waals surface area contributed by atoms with Gasteiger partial charge in [0, 0.05) is 6.42 Å². The SMILES string of the molecule is O=C1NC(=O)N(c2ccccc2F)C(=O)/C1=C\c1ccc(Cc2ccccc2F)cc1. The molecule has 1 fully saturated rings. The van der Waals surface area contributed by atoms with Crippen LogP contribution in [-0.4, -0.2) is 17.8 Å². The van der Waals surface area contributed by atoms with Gasteiger partial charge in [-0.25, -0.2) is 18.5 Å². The summed E-state index contributed by atoms with van der Waals surface area (Å²) in [6.45, 7) is 0. The number of nitrogens with zero attached hydrogens (tertiary/aromatic N) is 1. The summed E-state index contributed by atoms with van der Waals surface area (Å²) in [7, 11) is 0. The van der Waals surface area contributed by atoms with Crippen molar-refractivity contribution in [3.63, 3.8) is 0 Å². The number of carbonyl (C=O) groups excluding carboxylic acids is 3. The molecule has 7 heteroatoms. The lowest BCUT2D eigenvalue weighted by atomic mass is 10.0. The molecular weight excluding hydrogens is 402 g/mol. The second-order valence-corrected chi connectivity index (χ2v) is 6.92. The number of hydrogen-bond acceptors (Lipinski definition) is 3. The lowest BCUT2D eigenvalue weighted by Gasteiger charge is -2.26. The van der Waals surface area contributed by atoms with E-state index in [9.17, 15) is 23.2 Å². The van der Waals surface area contributed by atoms with Crippen LogP contribution in [0.3, 0.4) is 0 Å². The van der Waals surface area contributed by atoms with Crippen molar-refractivity contribution >= 4 is 29.6 Å². The number of halogens is 2. The molecule has 1 heterocycles. The third-order valence-corrected chi connectivity index (χ3v) is 4.84. The maximum absolute atomic E-state index is 14.1. The van der Waals surface area contributed by atoms with Crippen LogP contribution in [0.5, 0.6) is 0 Å². The predicted molar refractivity (Wildman–Crippen MR) is 111 cm³/mol. The molecule has 0 spiro atoms. The van der Waals surface area contributed by atoms with E-state index in [1.165, 1.54) is 30.3 Å². The molecule has 0 aromatic heterocycles. The van der Waals surface area contributed by atoms with Crippen LogP contribution in [0.2, 0.25) is 0 Å². The van der Waals surface area contributed by atoms with Crippen LogP contribution < -0.4 is 10.2 Å². The number of rotatable bonds is 4. The number of imide groups is 2. The van der Waals surface area contributed by atoms with Crippen LogP contribution in [0.1, 0.15) is 16.7 Å². The number of carbonyl (C=O) groups is 3. The molecule has 0 atom stereocenters. The van der Waals surface area contributed by atoms with E-state index in [1.54, 1.807) is 42.5 Å². The highest BCUT2D eigenvalue weighted by molar-refractivity contribution is 6.39. The van der Waals surface area contributed by atoms with Crippen LogP contribution in [0.4, 0.5) is 19.3 Å². The molecule has 0 radical (unpaired) electrons. The van der Waals surface area contributed by atoms with Crippen molar-refractivity contribution in [2.24, 2.45) is 0 Å². The highest BCUT2D eigenvalue weighted by atomic mass is 19.1. The lowest BCUT2D eigenvalue weighted by Crippen LogP contribution is -2.54. The summed E-state index contributed by atoms with van der Waals surface area (Å²) in [5, 5.41) is 2.06. The normalized spacial score (nSPS) is 15.4. The van der Waals surface area contributed by atoms with Crippen molar-refractivity contribution in [2.45, 2.75) is 6.42 Å². The molecule has 1 aliphatic rings. The van der Waals surface area contributed by atoms with Gasteiger partial charge in [0.05, 0.1) is 5.69 Å². The first-order valence-electron chi connectivity index (χ1n) is 9.42. The molecule has 0 bridgehead atoms. The fraction of sp³-hybridized carbons (Fsp3) is 0.0417. The van der Waals surface area contributed by atoms with E-state index >= 15 is 0 Å². The fourth-order valence-electron chi connectivity index (χ4n) is 3.27. The maximum Gasteiger partial charge on any atom is 0.336 e. The van der Waals surface area contributed by atoms with E-state index in [2.05, 4.69) is 5.32 Å². The first kappa shape index (κ1) is 20.2. The molecule has 4 amide bonds. The molecule has 5 nitrogen and oxygen atoms in total. The van der Waals surface area contributed by atoms with E-state index in [0.717, 1.165) is 11.6 Å². The third kappa shape index (κ3) is 4.11. The molecule has 1 aliphatic heterocycles. The van der Waals surface area contributed by atoms with Gasteiger partial charge in [-0.3, -0.25) is 14.9 Å². The quantitative estimate of drug-likeness (QED) is 0.510. The van der Waals surface area contributed by atoms with E-state index in [0.29, 0.717) is 22.4 Å². The monoisotopic (exact) mass is 418 g/mol. The summed E-state index contributed by atoms with van der Waals surface area (Å²) >= 11 is 0. The standard InChI is InChI=1S/C24H16F2N2O3/c25-19-6-2-1-5-17(19)13-15-9-11-16(12-10-15)14-18-22(29)27-24(31)28(23(18)30)21-8-4-3-7-20(21)26/h1-12,14H,13H2,(H,27,29,31)/b18-14-. The van der Waals surface area contributed by atoms with E-state index in [4.69, 9.17) is 0 Å². The number of nitrogens with one attached hydrogen (secondary N) is 1. The zero-order chi connectivity index (χ0) is 22.0. The van der Waals surface area contributed by atoms with E-state index in [-0.39, 0.29) is 17.1 Å². The summed E-state index contributed by atoms with van der Waals surface area (Å²) in [6.07, 6.45) is 1.71. The lowest BCUT2D eigenvalue weighted by molar-refractivity contribution is -0.122. The van der Waals surface area contributed by atoms with Crippen LogP contribution in [0, 0.1) is 11.6 Å². The Morgan fingerprint density at radius 3 is 2.13 bits per heavy atom. The molecule has 31 heavy (non-hydrogen) atoms. The van der Waals surface area contributed by atoms with Crippen LogP contribution >= 0.6 is 0 Å². The molecule has 3 aromatic rings. The Morgan fingerprint density at radius 2 is 1.45 bits per heavy atom. The molecule has 0 unspecified atom stereocenters. The number of urea groups is 1. The Balaban J connectivity index is 1.60. The average Bonchev–Trinajstić information content (AvgIpc) is 2.75. The van der Waals surface area contributed by atoms with E-state index in [1.807, 2.05) is 0 Å². The van der Waals surface area contributed by atoms with Gasteiger partial charge in [0.25, 0.3) is 11.8 Å². The van der Waals surface area contributed by atoms with Gasteiger partial charge in [0.2, 0.25) is 0 Å². The van der Waals surface area contributed by atoms with Crippen molar-refractivity contribution < 1.29 is 23.2 Å². The number of benzene rings is 3. The number of para-hydroxylation sites is 1. The third-order valence-electron chi connectivity index (χ3n) is 4.84. The topological polar surface area (TPSA) is 66.5 Å². The highest BCUT2D eigenvalue weighted by Crippen LogP contribution is 2.24. The minimum Gasteiger partial charge on any atom is -0.273 e. The minimum absolute atomic E-state index is 0.247. The van der Waals surface area contributed by atoms with Gasteiger partial charge >= 0.3 is 6.03 Å². The Kier molecular flexibility index (Phi) is 5.41. The minimum atomic E-state index is -1.02. The van der Waals surface area contributed by atoms with Crippen LogP contribution in [0.15, 0.2) is 78.4 Å². The Morgan fingerprint density at radius 1 is 0.806 bits per heavy atom. The zero-order valence-corrected chi connectivity index (χ0v) is 16.1.